The lowest BCUT2D eigenvalue weighted by atomic mass is 9.34. The van der Waals surface area contributed by atoms with Gasteiger partial charge in [-0.05, 0) is 47.3 Å². The Kier molecular flexibility index (Phi) is 4.09. The fraction of sp³-hybridized carbons (Fsp3) is 0. The molecule has 0 N–H and O–H groups in total. The van der Waals surface area contributed by atoms with Gasteiger partial charge < -0.3 is 18.5 Å². The molecule has 11 rings (SSSR count). The van der Waals surface area contributed by atoms with Crippen LogP contribution in [0.5, 0.6) is 23.0 Å². The van der Waals surface area contributed by atoms with E-state index in [0.717, 1.165) is 73.0 Å². The molecule has 44 heavy (non-hydrogen) atoms. The normalized spacial score (nSPS) is 13.7. The third-order valence-corrected chi connectivity index (χ3v) is 9.45. The molecular formula is C38H21BN2O3. The molecule has 8 aromatic rings. The lowest BCUT2D eigenvalue weighted by molar-refractivity contribution is 0.456. The minimum Gasteiger partial charge on any atom is -0.458 e. The van der Waals surface area contributed by atoms with Crippen molar-refractivity contribution in [3.05, 3.63) is 127 Å². The summed E-state index contributed by atoms with van der Waals surface area (Å²) in [7, 11) is 0. The topological polar surface area (TPSA) is 39.8 Å². The Morgan fingerprint density at radius 2 is 1.18 bits per heavy atom. The second-order valence-electron chi connectivity index (χ2n) is 11.7. The van der Waals surface area contributed by atoms with Crippen LogP contribution in [0.25, 0.3) is 38.5 Å². The Morgan fingerprint density at radius 3 is 2.00 bits per heavy atom. The van der Waals surface area contributed by atoms with Crippen molar-refractivity contribution in [1.82, 2.24) is 4.57 Å². The van der Waals surface area contributed by atoms with Crippen LogP contribution >= 0.6 is 0 Å². The van der Waals surface area contributed by atoms with Crippen molar-refractivity contribution in [1.29, 1.82) is 0 Å². The molecule has 6 aromatic carbocycles. The smallest absolute Gasteiger partial charge is 0.256 e. The number of fused-ring (bicyclic) bond motifs is 12. The fourth-order valence-corrected chi connectivity index (χ4v) is 7.69. The summed E-state index contributed by atoms with van der Waals surface area (Å²) in [5.41, 5.74) is 9.43. The largest absolute Gasteiger partial charge is 0.458 e. The van der Waals surface area contributed by atoms with Gasteiger partial charge in [0.2, 0.25) is 5.88 Å². The molecule has 2 aromatic heterocycles. The zero-order valence-corrected chi connectivity index (χ0v) is 23.3. The van der Waals surface area contributed by atoms with E-state index in [4.69, 9.17) is 13.9 Å². The first-order valence-electron chi connectivity index (χ1n) is 14.9. The van der Waals surface area contributed by atoms with Crippen molar-refractivity contribution in [2.45, 2.75) is 0 Å². The predicted octanol–water partition coefficient (Wildman–Crippen LogP) is 8.04. The highest BCUT2D eigenvalue weighted by Gasteiger charge is 2.48. The minimum absolute atomic E-state index is 0.0159. The van der Waals surface area contributed by atoms with Crippen molar-refractivity contribution < 1.29 is 13.9 Å². The Morgan fingerprint density at radius 1 is 0.523 bits per heavy atom. The molecule has 5 nitrogen and oxygen atoms in total. The lowest BCUT2D eigenvalue weighted by Crippen LogP contribution is -2.59. The van der Waals surface area contributed by atoms with E-state index in [-0.39, 0.29) is 6.71 Å². The maximum Gasteiger partial charge on any atom is 0.256 e. The van der Waals surface area contributed by atoms with E-state index in [1.165, 1.54) is 16.2 Å². The van der Waals surface area contributed by atoms with E-state index in [1.54, 1.807) is 0 Å². The van der Waals surface area contributed by atoms with Crippen LogP contribution in [0.1, 0.15) is 0 Å². The number of anilines is 3. The first-order chi connectivity index (χ1) is 21.8. The molecule has 0 radical (unpaired) electrons. The fourth-order valence-electron chi connectivity index (χ4n) is 7.69. The first kappa shape index (κ1) is 22.7. The average molecular weight is 564 g/mol. The molecule has 0 bridgehead atoms. The van der Waals surface area contributed by atoms with E-state index in [0.29, 0.717) is 5.88 Å². The van der Waals surface area contributed by atoms with E-state index in [1.807, 2.05) is 24.3 Å². The van der Waals surface area contributed by atoms with Crippen LogP contribution < -0.4 is 30.8 Å². The number of para-hydroxylation sites is 5. The van der Waals surface area contributed by atoms with Crippen LogP contribution in [-0.4, -0.2) is 11.3 Å². The highest BCUT2D eigenvalue weighted by molar-refractivity contribution is 6.99. The molecule has 0 saturated heterocycles. The van der Waals surface area contributed by atoms with Gasteiger partial charge in [-0.1, -0.05) is 84.9 Å². The molecule has 0 fully saturated rings. The zero-order chi connectivity index (χ0) is 28.5. The maximum absolute atomic E-state index is 7.09. The van der Waals surface area contributed by atoms with Gasteiger partial charge in [0.05, 0.1) is 27.8 Å². The van der Waals surface area contributed by atoms with Gasteiger partial charge in [-0.15, -0.1) is 0 Å². The molecule has 3 aliphatic rings. The van der Waals surface area contributed by atoms with Crippen molar-refractivity contribution >= 4 is 73.1 Å². The second-order valence-corrected chi connectivity index (χ2v) is 11.7. The summed E-state index contributed by atoms with van der Waals surface area (Å²) in [4.78, 5) is 2.26. The van der Waals surface area contributed by atoms with Gasteiger partial charge in [0, 0.05) is 28.0 Å². The predicted molar refractivity (Wildman–Crippen MR) is 176 cm³/mol. The molecule has 0 saturated carbocycles. The molecule has 0 aliphatic carbocycles. The van der Waals surface area contributed by atoms with Gasteiger partial charge in [0.15, 0.2) is 11.5 Å². The van der Waals surface area contributed by atoms with Gasteiger partial charge in [0.1, 0.15) is 17.1 Å². The summed E-state index contributed by atoms with van der Waals surface area (Å²) >= 11 is 0. The van der Waals surface area contributed by atoms with Gasteiger partial charge in [0.25, 0.3) is 6.71 Å². The Bertz CT molecular complexity index is 2490. The van der Waals surface area contributed by atoms with Crippen molar-refractivity contribution in [3.63, 3.8) is 0 Å². The summed E-state index contributed by atoms with van der Waals surface area (Å²) in [6.45, 7) is -0.0159. The van der Waals surface area contributed by atoms with Crippen LogP contribution in [0.4, 0.5) is 17.3 Å². The maximum atomic E-state index is 7.09. The van der Waals surface area contributed by atoms with E-state index < -0.39 is 0 Å². The Hall–Kier alpha value is -5.88. The number of aromatic nitrogens is 1. The van der Waals surface area contributed by atoms with Gasteiger partial charge in [-0.3, -0.25) is 4.90 Å². The number of benzene rings is 6. The third-order valence-electron chi connectivity index (χ3n) is 9.45. The zero-order valence-electron chi connectivity index (χ0n) is 23.3. The first-order valence-corrected chi connectivity index (χ1v) is 14.9. The number of nitrogens with zero attached hydrogens (tertiary/aromatic N) is 2. The van der Waals surface area contributed by atoms with Crippen molar-refractivity contribution in [3.8, 4) is 28.7 Å². The molecule has 0 unspecified atom stereocenters. The van der Waals surface area contributed by atoms with Gasteiger partial charge in [-0.2, -0.15) is 0 Å². The number of hydrogen-bond donors (Lipinski definition) is 0. The lowest BCUT2D eigenvalue weighted by Gasteiger charge is -2.42. The van der Waals surface area contributed by atoms with Gasteiger partial charge >= 0.3 is 0 Å². The molecule has 0 atom stereocenters. The Balaban J connectivity index is 1.33. The highest BCUT2D eigenvalue weighted by Crippen LogP contribution is 2.58. The summed E-state index contributed by atoms with van der Waals surface area (Å²) in [5.74, 6) is 3.90. The van der Waals surface area contributed by atoms with E-state index >= 15 is 0 Å². The van der Waals surface area contributed by atoms with Crippen LogP contribution in [0.15, 0.2) is 132 Å². The summed E-state index contributed by atoms with van der Waals surface area (Å²) in [6, 6.07) is 44.4. The third kappa shape index (κ3) is 2.67. The molecule has 3 aliphatic heterocycles. The second kappa shape index (κ2) is 7.94. The quantitative estimate of drug-likeness (QED) is 0.189. The summed E-state index contributed by atoms with van der Waals surface area (Å²) < 4.78 is 22.8. The number of hydrogen-bond acceptors (Lipinski definition) is 4. The Labute approximate surface area is 252 Å². The average Bonchev–Trinajstić information content (AvgIpc) is 3.62. The van der Waals surface area contributed by atoms with Crippen LogP contribution in [0.3, 0.4) is 0 Å². The van der Waals surface area contributed by atoms with Crippen molar-refractivity contribution in [2.24, 2.45) is 0 Å². The summed E-state index contributed by atoms with van der Waals surface area (Å²) in [5, 5.41) is 3.33. The number of furan rings is 1. The SMILES string of the molecule is c1ccc2c(c1)Oc1cc(-n3c4ccccc4c4ccccc43)c3c4c1B2c1ccccc1N4c1oc2ccccc2c1O3. The monoisotopic (exact) mass is 564 g/mol. The standard InChI is InChI=1S/C38H21BN2O3/c1-6-16-27-22(11-1)23-12-2-7-17-28(23)40(27)30-21-33-34-35-37(30)44-36-24-13-3-9-19-31(24)43-38(36)41(35)29-18-8-4-14-25(29)39(34)26-15-5-10-20-32(26)42-33/h1-21H. The molecule has 0 spiro atoms. The summed E-state index contributed by atoms with van der Waals surface area (Å²) in [6.07, 6.45) is 0. The molecular weight excluding hydrogens is 543 g/mol. The number of ether oxygens (including phenoxy) is 2. The highest BCUT2D eigenvalue weighted by atomic mass is 16.5. The van der Waals surface area contributed by atoms with Crippen LogP contribution in [0.2, 0.25) is 0 Å². The van der Waals surface area contributed by atoms with Crippen molar-refractivity contribution in [2.75, 3.05) is 4.90 Å². The number of rotatable bonds is 1. The molecule has 5 heterocycles. The minimum atomic E-state index is -0.0159. The molecule has 6 heteroatoms. The van der Waals surface area contributed by atoms with E-state index in [2.05, 4.69) is 113 Å². The van der Waals surface area contributed by atoms with Crippen LogP contribution in [-0.2, 0) is 0 Å². The molecule has 0 amide bonds. The van der Waals surface area contributed by atoms with Crippen LogP contribution in [0, 0.1) is 0 Å². The molecule has 204 valence electrons. The van der Waals surface area contributed by atoms with E-state index in [9.17, 15) is 0 Å². The van der Waals surface area contributed by atoms with Gasteiger partial charge in [-0.25, -0.2) is 0 Å².